The summed E-state index contributed by atoms with van der Waals surface area (Å²) in [4.78, 5) is 15.4. The fraction of sp³-hybridized carbons (Fsp3) is 0.316. The molecule has 1 unspecified atom stereocenters. The number of amides is 1. The van der Waals surface area contributed by atoms with Gasteiger partial charge in [0.05, 0.1) is 7.05 Å². The first-order valence-corrected chi connectivity index (χ1v) is 8.36. The van der Waals surface area contributed by atoms with Gasteiger partial charge >= 0.3 is 0 Å². The third-order valence-corrected chi connectivity index (χ3v) is 4.28. The van der Waals surface area contributed by atoms with E-state index in [9.17, 15) is 4.79 Å². The Kier molecular flexibility index (Phi) is 6.23. The Bertz CT molecular complexity index is 698. The predicted molar refractivity (Wildman–Crippen MR) is 101 cm³/mol. The molecule has 5 heteroatoms. The Morgan fingerprint density at radius 3 is 2.42 bits per heavy atom. The van der Waals surface area contributed by atoms with Gasteiger partial charge in [-0.25, -0.2) is 0 Å². The van der Waals surface area contributed by atoms with E-state index in [1.165, 1.54) is 11.3 Å². The number of benzene rings is 2. The Morgan fingerprint density at radius 1 is 1.17 bits per heavy atom. The van der Waals surface area contributed by atoms with Crippen molar-refractivity contribution in [2.45, 2.75) is 13.5 Å². The van der Waals surface area contributed by atoms with Crippen LogP contribution >= 0.6 is 11.6 Å². The summed E-state index contributed by atoms with van der Waals surface area (Å²) in [6.45, 7) is 3.14. The Balaban J connectivity index is 1.87. The molecular weight excluding hydrogens is 322 g/mol. The predicted octanol–water partition coefficient (Wildman–Crippen LogP) is 2.37. The number of hydrogen-bond donors (Lipinski definition) is 2. The zero-order valence-corrected chi connectivity index (χ0v) is 15.4. The van der Waals surface area contributed by atoms with E-state index >= 15 is 0 Å². The number of aryl methyl sites for hydroxylation is 1. The number of likely N-dealkylation sites (N-methyl/N-ethyl adjacent to an activating group) is 1. The monoisotopic (exact) mass is 346 g/mol. The summed E-state index contributed by atoms with van der Waals surface area (Å²) < 4.78 is 0. The second-order valence-corrected chi connectivity index (χ2v) is 6.79. The van der Waals surface area contributed by atoms with Gasteiger partial charge in [-0.2, -0.15) is 0 Å². The van der Waals surface area contributed by atoms with Gasteiger partial charge in [0.2, 0.25) is 0 Å². The fourth-order valence-corrected chi connectivity index (χ4v) is 2.65. The van der Waals surface area contributed by atoms with Crippen LogP contribution in [0.5, 0.6) is 0 Å². The summed E-state index contributed by atoms with van der Waals surface area (Å²) in [5.41, 5.74) is 4.12. The van der Waals surface area contributed by atoms with Crippen molar-refractivity contribution < 1.29 is 9.69 Å². The van der Waals surface area contributed by atoms with E-state index < -0.39 is 0 Å². The second-order valence-electron chi connectivity index (χ2n) is 6.38. The van der Waals surface area contributed by atoms with Crippen LogP contribution in [0.4, 0.5) is 11.4 Å². The molecule has 4 nitrogen and oxygen atoms in total. The van der Waals surface area contributed by atoms with Gasteiger partial charge in [0, 0.05) is 36.1 Å². The topological polar surface area (TPSA) is 36.8 Å². The maximum absolute atomic E-state index is 12.2. The highest BCUT2D eigenvalue weighted by Crippen LogP contribution is 2.19. The van der Waals surface area contributed by atoms with Gasteiger partial charge in [-0.3, -0.25) is 4.79 Å². The van der Waals surface area contributed by atoms with Gasteiger partial charge in [0.15, 0.2) is 6.54 Å². The summed E-state index contributed by atoms with van der Waals surface area (Å²) in [6.07, 6.45) is 0. The smallest absolute Gasteiger partial charge is 0.279 e. The van der Waals surface area contributed by atoms with Crippen molar-refractivity contribution in [2.24, 2.45) is 0 Å². The van der Waals surface area contributed by atoms with Crippen molar-refractivity contribution in [2.75, 3.05) is 37.9 Å². The number of quaternary nitrogens is 1. The lowest BCUT2D eigenvalue weighted by molar-refractivity contribution is -0.885. The third-order valence-electron chi connectivity index (χ3n) is 3.88. The number of nitrogens with one attached hydrogen (secondary N) is 2. The zero-order valence-electron chi connectivity index (χ0n) is 14.7. The SMILES string of the molecule is Cc1ccc(NC(=O)C[NH+](C)Cc2ccc(N(C)C)cc2)cc1Cl. The Hall–Kier alpha value is -2.04. The molecule has 0 aliphatic rings. The normalized spacial score (nSPS) is 11.9. The molecule has 1 amide bonds. The fourth-order valence-electron chi connectivity index (χ4n) is 2.47. The van der Waals surface area contributed by atoms with E-state index in [4.69, 9.17) is 11.6 Å². The highest BCUT2D eigenvalue weighted by Gasteiger charge is 2.11. The van der Waals surface area contributed by atoms with Gasteiger partial charge < -0.3 is 15.1 Å². The van der Waals surface area contributed by atoms with E-state index in [-0.39, 0.29) is 5.91 Å². The van der Waals surface area contributed by atoms with E-state index in [1.807, 2.05) is 40.2 Å². The number of nitrogens with zero attached hydrogens (tertiary/aromatic N) is 1. The molecule has 0 bridgehead atoms. The number of hydrogen-bond acceptors (Lipinski definition) is 2. The van der Waals surface area contributed by atoms with Crippen LogP contribution in [0.3, 0.4) is 0 Å². The number of carbonyl (C=O) groups is 1. The minimum absolute atomic E-state index is 0.0164. The maximum Gasteiger partial charge on any atom is 0.279 e. The molecule has 2 N–H and O–H groups in total. The summed E-state index contributed by atoms with van der Waals surface area (Å²) in [5, 5.41) is 3.56. The molecule has 24 heavy (non-hydrogen) atoms. The van der Waals surface area contributed by atoms with Crippen LogP contribution in [0.2, 0.25) is 5.02 Å². The molecule has 0 radical (unpaired) electrons. The van der Waals surface area contributed by atoms with E-state index in [0.29, 0.717) is 11.6 Å². The molecule has 0 aromatic heterocycles. The maximum atomic E-state index is 12.2. The first kappa shape index (κ1) is 18.3. The molecule has 1 atom stereocenters. The molecule has 0 heterocycles. The molecule has 2 rings (SSSR count). The van der Waals surface area contributed by atoms with Crippen molar-refractivity contribution in [3.63, 3.8) is 0 Å². The molecule has 0 aliphatic heterocycles. The van der Waals surface area contributed by atoms with E-state index in [0.717, 1.165) is 22.7 Å². The van der Waals surface area contributed by atoms with Crippen molar-refractivity contribution >= 4 is 28.9 Å². The minimum Gasteiger partial charge on any atom is -0.378 e. The summed E-state index contributed by atoms with van der Waals surface area (Å²) in [6, 6.07) is 14.0. The van der Waals surface area contributed by atoms with Gasteiger partial charge in [0.1, 0.15) is 6.54 Å². The molecule has 0 fully saturated rings. The molecule has 0 saturated carbocycles. The Labute approximate surface area is 149 Å². The highest BCUT2D eigenvalue weighted by atomic mass is 35.5. The molecule has 2 aromatic carbocycles. The summed E-state index contributed by atoms with van der Waals surface area (Å²) >= 11 is 6.09. The number of carbonyl (C=O) groups excluding carboxylic acids is 1. The quantitative estimate of drug-likeness (QED) is 0.842. The zero-order chi connectivity index (χ0) is 17.7. The Morgan fingerprint density at radius 2 is 1.83 bits per heavy atom. The van der Waals surface area contributed by atoms with Gasteiger partial charge in [-0.1, -0.05) is 29.8 Å². The standard InChI is InChI=1S/C19H24ClN3O/c1-14-5-8-16(11-18(14)20)21-19(24)13-23(4)12-15-6-9-17(10-7-15)22(2)3/h5-11H,12-13H2,1-4H3,(H,21,24)/p+1. The third kappa shape index (κ3) is 5.25. The first-order chi connectivity index (χ1) is 11.3. The molecule has 2 aromatic rings. The van der Waals surface area contributed by atoms with Crippen LogP contribution in [0.15, 0.2) is 42.5 Å². The largest absolute Gasteiger partial charge is 0.378 e. The van der Waals surface area contributed by atoms with E-state index in [1.54, 1.807) is 6.07 Å². The minimum atomic E-state index is -0.0164. The van der Waals surface area contributed by atoms with Gasteiger partial charge in [-0.05, 0) is 36.8 Å². The van der Waals surface area contributed by atoms with E-state index in [2.05, 4.69) is 34.5 Å². The van der Waals surface area contributed by atoms with Crippen LogP contribution < -0.4 is 15.1 Å². The number of rotatable bonds is 6. The first-order valence-electron chi connectivity index (χ1n) is 7.98. The number of anilines is 2. The van der Waals surface area contributed by atoms with Crippen molar-refractivity contribution in [3.8, 4) is 0 Å². The molecule has 128 valence electrons. The molecular formula is C19H25ClN3O+. The lowest BCUT2D eigenvalue weighted by atomic mass is 10.2. The van der Waals surface area contributed by atoms with Crippen molar-refractivity contribution in [1.29, 1.82) is 0 Å². The summed E-state index contributed by atoms with van der Waals surface area (Å²) in [5.74, 6) is -0.0164. The van der Waals surface area contributed by atoms with Crippen LogP contribution in [-0.2, 0) is 11.3 Å². The lowest BCUT2D eigenvalue weighted by Gasteiger charge is -2.16. The van der Waals surface area contributed by atoms with Crippen LogP contribution in [0.25, 0.3) is 0 Å². The van der Waals surface area contributed by atoms with Gasteiger partial charge in [-0.15, -0.1) is 0 Å². The highest BCUT2D eigenvalue weighted by molar-refractivity contribution is 6.31. The molecule has 0 spiro atoms. The average Bonchev–Trinajstić information content (AvgIpc) is 2.51. The van der Waals surface area contributed by atoms with Crippen LogP contribution in [0, 0.1) is 6.92 Å². The second kappa shape index (κ2) is 8.18. The van der Waals surface area contributed by atoms with Crippen molar-refractivity contribution in [1.82, 2.24) is 0 Å². The molecule has 0 saturated heterocycles. The number of halogens is 1. The van der Waals surface area contributed by atoms with Crippen molar-refractivity contribution in [3.05, 3.63) is 58.6 Å². The lowest BCUT2D eigenvalue weighted by Crippen LogP contribution is -3.08. The summed E-state index contributed by atoms with van der Waals surface area (Å²) in [7, 11) is 6.06. The van der Waals surface area contributed by atoms with Gasteiger partial charge in [0.25, 0.3) is 5.91 Å². The average molecular weight is 347 g/mol. The van der Waals surface area contributed by atoms with Crippen LogP contribution in [-0.4, -0.2) is 33.6 Å². The van der Waals surface area contributed by atoms with Crippen LogP contribution in [0.1, 0.15) is 11.1 Å². The molecule has 0 aliphatic carbocycles.